The summed E-state index contributed by atoms with van der Waals surface area (Å²) in [5, 5.41) is 5.45. The molecule has 10 heteroatoms. The highest BCUT2D eigenvalue weighted by Crippen LogP contribution is 2.12. The van der Waals surface area contributed by atoms with Crippen molar-refractivity contribution in [3.8, 4) is 0 Å². The monoisotopic (exact) mass is 433 g/mol. The van der Waals surface area contributed by atoms with Crippen LogP contribution in [0.1, 0.15) is 32.6 Å². The number of hydrogen-bond donors (Lipinski definition) is 3. The van der Waals surface area contributed by atoms with Crippen molar-refractivity contribution >= 4 is 17.6 Å². The minimum Gasteiger partial charge on any atom is -0.382 e. The van der Waals surface area contributed by atoms with Gasteiger partial charge in [-0.3, -0.25) is 14.4 Å². The lowest BCUT2D eigenvalue weighted by molar-refractivity contribution is -0.127. The number of carbonyl (C=O) groups is 3. The Morgan fingerprint density at radius 3 is 2.03 bits per heavy atom. The first-order valence-electron chi connectivity index (χ1n) is 10.5. The van der Waals surface area contributed by atoms with Crippen LogP contribution < -0.4 is 16.4 Å². The lowest BCUT2D eigenvalue weighted by Crippen LogP contribution is -2.31. The van der Waals surface area contributed by atoms with Crippen molar-refractivity contribution in [3.05, 3.63) is 0 Å². The number of hydrogen-bond acceptors (Lipinski definition) is 8. The Hall–Kier alpha value is -1.59. The first-order chi connectivity index (χ1) is 14.5. The number of carbonyl (C=O) groups excluding carboxylic acids is 3. The van der Waals surface area contributed by atoms with Gasteiger partial charge in [-0.1, -0.05) is 13.3 Å². The first kappa shape index (κ1) is 28.4. The SMILES string of the molecule is CC[C@@H](CCCCNC(=O)COCCOCCNC(=O)COCCOC)C(=O)CN. The summed E-state index contributed by atoms with van der Waals surface area (Å²) in [5.74, 6) is -0.261. The highest BCUT2D eigenvalue weighted by molar-refractivity contribution is 5.82. The molecule has 0 aliphatic carbocycles. The molecule has 0 heterocycles. The van der Waals surface area contributed by atoms with Crippen LogP contribution in [0.15, 0.2) is 0 Å². The van der Waals surface area contributed by atoms with Gasteiger partial charge in [0.2, 0.25) is 11.8 Å². The topological polar surface area (TPSA) is 138 Å². The summed E-state index contributed by atoms with van der Waals surface area (Å²) in [4.78, 5) is 34.7. The zero-order chi connectivity index (χ0) is 22.5. The van der Waals surface area contributed by atoms with E-state index in [-0.39, 0.29) is 43.3 Å². The largest absolute Gasteiger partial charge is 0.382 e. The average molecular weight is 434 g/mol. The van der Waals surface area contributed by atoms with Gasteiger partial charge in [-0.25, -0.2) is 0 Å². The van der Waals surface area contributed by atoms with E-state index in [9.17, 15) is 14.4 Å². The summed E-state index contributed by atoms with van der Waals surface area (Å²) in [7, 11) is 1.57. The maximum atomic E-state index is 11.7. The molecule has 0 bridgehead atoms. The normalized spacial score (nSPS) is 11.8. The van der Waals surface area contributed by atoms with Crippen molar-refractivity contribution in [3.63, 3.8) is 0 Å². The molecule has 0 aromatic carbocycles. The quantitative estimate of drug-likeness (QED) is 0.209. The number of unbranched alkanes of at least 4 members (excludes halogenated alkanes) is 1. The number of Topliss-reactive ketones (excluding diaryl/α,β-unsaturated/α-hetero) is 1. The fraction of sp³-hybridized carbons (Fsp3) is 0.850. The third kappa shape index (κ3) is 17.3. The number of ketones is 1. The van der Waals surface area contributed by atoms with E-state index in [1.165, 1.54) is 0 Å². The number of methoxy groups -OCH3 is 1. The van der Waals surface area contributed by atoms with Crippen molar-refractivity contribution in [2.75, 3.05) is 73.0 Å². The number of nitrogens with one attached hydrogen (secondary N) is 2. The van der Waals surface area contributed by atoms with E-state index in [4.69, 9.17) is 24.7 Å². The van der Waals surface area contributed by atoms with Gasteiger partial charge in [-0.2, -0.15) is 0 Å². The maximum absolute atomic E-state index is 11.7. The van der Waals surface area contributed by atoms with Crippen molar-refractivity contribution in [2.45, 2.75) is 32.6 Å². The predicted octanol–water partition coefficient (Wildman–Crippen LogP) is -0.361. The molecule has 0 spiro atoms. The summed E-state index contributed by atoms with van der Waals surface area (Å²) in [6.45, 7) is 4.78. The smallest absolute Gasteiger partial charge is 0.246 e. The third-order valence-corrected chi connectivity index (χ3v) is 4.29. The Labute approximate surface area is 179 Å². The summed E-state index contributed by atoms with van der Waals surface area (Å²) in [6.07, 6.45) is 3.28. The number of amides is 2. The van der Waals surface area contributed by atoms with E-state index >= 15 is 0 Å². The second-order valence-electron chi connectivity index (χ2n) is 6.68. The molecular formula is C20H39N3O7. The second-order valence-corrected chi connectivity index (χ2v) is 6.68. The molecule has 0 aromatic heterocycles. The fourth-order valence-corrected chi connectivity index (χ4v) is 2.56. The van der Waals surface area contributed by atoms with Crippen molar-refractivity contribution in [1.82, 2.24) is 10.6 Å². The Kier molecular flexibility index (Phi) is 19.6. The molecule has 0 rings (SSSR count). The average Bonchev–Trinajstić information content (AvgIpc) is 2.75. The maximum Gasteiger partial charge on any atom is 0.246 e. The summed E-state index contributed by atoms with van der Waals surface area (Å²) in [6, 6.07) is 0. The van der Waals surface area contributed by atoms with Crippen LogP contribution in [0.4, 0.5) is 0 Å². The third-order valence-electron chi connectivity index (χ3n) is 4.29. The number of ether oxygens (including phenoxy) is 4. The first-order valence-corrected chi connectivity index (χ1v) is 10.5. The molecule has 4 N–H and O–H groups in total. The summed E-state index contributed by atoms with van der Waals surface area (Å²) >= 11 is 0. The Morgan fingerprint density at radius 2 is 1.43 bits per heavy atom. The minimum atomic E-state index is -0.209. The number of nitrogens with two attached hydrogens (primary N) is 1. The van der Waals surface area contributed by atoms with E-state index in [0.717, 1.165) is 25.7 Å². The lowest BCUT2D eigenvalue weighted by atomic mass is 9.95. The van der Waals surface area contributed by atoms with Crippen LogP contribution in [0.2, 0.25) is 0 Å². The van der Waals surface area contributed by atoms with Crippen LogP contribution in [0.5, 0.6) is 0 Å². The van der Waals surface area contributed by atoms with E-state index in [2.05, 4.69) is 10.6 Å². The van der Waals surface area contributed by atoms with Gasteiger partial charge in [-0.15, -0.1) is 0 Å². The van der Waals surface area contributed by atoms with Crippen LogP contribution in [-0.2, 0) is 33.3 Å². The standard InChI is InChI=1S/C20H39N3O7/c1-3-17(18(24)14-21)6-4-5-7-22-19(25)15-30-13-12-28-9-8-23-20(26)16-29-11-10-27-2/h17H,3-16,21H2,1-2H3,(H,22,25)(H,23,26)/t17-/m0/s1. The van der Waals surface area contributed by atoms with Crippen molar-refractivity contribution < 1.29 is 33.3 Å². The van der Waals surface area contributed by atoms with Gasteiger partial charge in [0, 0.05) is 26.1 Å². The number of rotatable bonds is 21. The minimum absolute atomic E-state index is 0.00735. The van der Waals surface area contributed by atoms with Crippen LogP contribution in [0.25, 0.3) is 0 Å². The van der Waals surface area contributed by atoms with Crippen molar-refractivity contribution in [1.29, 1.82) is 0 Å². The van der Waals surface area contributed by atoms with Gasteiger partial charge in [-0.05, 0) is 19.3 Å². The van der Waals surface area contributed by atoms with Gasteiger partial charge in [0.15, 0.2) is 0 Å². The van der Waals surface area contributed by atoms with E-state index in [1.54, 1.807) is 7.11 Å². The Bertz CT molecular complexity index is 464. The van der Waals surface area contributed by atoms with Crippen molar-refractivity contribution in [2.24, 2.45) is 11.7 Å². The lowest BCUT2D eigenvalue weighted by Gasteiger charge is -2.12. The predicted molar refractivity (Wildman–Crippen MR) is 112 cm³/mol. The van der Waals surface area contributed by atoms with Gasteiger partial charge in [0.1, 0.15) is 19.0 Å². The van der Waals surface area contributed by atoms with Gasteiger partial charge >= 0.3 is 0 Å². The van der Waals surface area contributed by atoms with Gasteiger partial charge in [0.25, 0.3) is 0 Å². The van der Waals surface area contributed by atoms with Crippen LogP contribution in [-0.4, -0.2) is 90.6 Å². The van der Waals surface area contributed by atoms with Crippen LogP contribution in [0.3, 0.4) is 0 Å². The Balaban J connectivity index is 3.43. The molecule has 0 aliphatic heterocycles. The second kappa shape index (κ2) is 20.7. The molecule has 0 saturated carbocycles. The summed E-state index contributed by atoms with van der Waals surface area (Å²) in [5.41, 5.74) is 5.39. The summed E-state index contributed by atoms with van der Waals surface area (Å²) < 4.78 is 20.5. The zero-order valence-corrected chi connectivity index (χ0v) is 18.4. The molecule has 0 radical (unpaired) electrons. The molecule has 1 atom stereocenters. The molecule has 30 heavy (non-hydrogen) atoms. The zero-order valence-electron chi connectivity index (χ0n) is 18.4. The molecule has 176 valence electrons. The van der Waals surface area contributed by atoms with Gasteiger partial charge < -0.3 is 35.3 Å². The molecule has 0 aliphatic rings. The Morgan fingerprint density at radius 1 is 0.833 bits per heavy atom. The van der Waals surface area contributed by atoms with E-state index < -0.39 is 0 Å². The molecular weight excluding hydrogens is 394 g/mol. The highest BCUT2D eigenvalue weighted by atomic mass is 16.5. The fourth-order valence-electron chi connectivity index (χ4n) is 2.56. The molecule has 10 nitrogen and oxygen atoms in total. The van der Waals surface area contributed by atoms with Crippen LogP contribution in [0, 0.1) is 5.92 Å². The molecule has 0 aromatic rings. The molecule has 0 fully saturated rings. The van der Waals surface area contributed by atoms with Gasteiger partial charge in [0.05, 0.1) is 39.6 Å². The van der Waals surface area contributed by atoms with E-state index in [0.29, 0.717) is 46.1 Å². The molecule has 0 saturated heterocycles. The highest BCUT2D eigenvalue weighted by Gasteiger charge is 2.13. The molecule has 0 unspecified atom stereocenters. The molecule has 2 amide bonds. The van der Waals surface area contributed by atoms with Crippen LogP contribution >= 0.6 is 0 Å². The van der Waals surface area contributed by atoms with E-state index in [1.807, 2.05) is 6.92 Å².